The summed E-state index contributed by atoms with van der Waals surface area (Å²) < 4.78 is 39.7. The molecule has 3 nitrogen and oxygen atoms in total. The van der Waals surface area contributed by atoms with E-state index in [1.54, 1.807) is 13.8 Å². The Morgan fingerprint density at radius 1 is 1.25 bits per heavy atom. The van der Waals surface area contributed by atoms with Crippen LogP contribution >= 0.6 is 0 Å². The summed E-state index contributed by atoms with van der Waals surface area (Å²) >= 11 is 0. The van der Waals surface area contributed by atoms with E-state index in [0.29, 0.717) is 22.5 Å². The van der Waals surface area contributed by atoms with E-state index in [0.717, 1.165) is 12.1 Å². The van der Waals surface area contributed by atoms with Gasteiger partial charge in [0, 0.05) is 11.4 Å². The van der Waals surface area contributed by atoms with E-state index in [1.165, 1.54) is 16.7 Å². The van der Waals surface area contributed by atoms with Crippen LogP contribution in [-0.4, -0.2) is 4.57 Å². The quantitative estimate of drug-likeness (QED) is 0.867. The van der Waals surface area contributed by atoms with Gasteiger partial charge in [-0.05, 0) is 37.6 Å². The molecule has 1 aromatic heterocycles. The lowest BCUT2D eigenvalue weighted by molar-refractivity contribution is -0.137. The van der Waals surface area contributed by atoms with Gasteiger partial charge in [-0.25, -0.2) is 0 Å². The average molecular weight is 279 g/mol. The minimum atomic E-state index is -4.42. The molecule has 0 spiro atoms. The lowest BCUT2D eigenvalue weighted by Gasteiger charge is -2.12. The minimum absolute atomic E-state index is 0.154. The second-order valence-corrected chi connectivity index (χ2v) is 4.47. The van der Waals surface area contributed by atoms with Crippen LogP contribution in [0.5, 0.6) is 0 Å². The van der Waals surface area contributed by atoms with Crippen molar-refractivity contribution >= 4 is 5.82 Å². The summed E-state index contributed by atoms with van der Waals surface area (Å²) in [6.07, 6.45) is -4.42. The molecule has 2 rings (SSSR count). The Kier molecular flexibility index (Phi) is 3.22. The van der Waals surface area contributed by atoms with Crippen LogP contribution in [-0.2, 0) is 6.18 Å². The third kappa shape index (κ3) is 2.11. The molecule has 20 heavy (non-hydrogen) atoms. The van der Waals surface area contributed by atoms with Gasteiger partial charge in [0.2, 0.25) is 0 Å². The first-order chi connectivity index (χ1) is 9.27. The van der Waals surface area contributed by atoms with Gasteiger partial charge in [0.25, 0.3) is 0 Å². The van der Waals surface area contributed by atoms with Crippen molar-refractivity contribution in [1.82, 2.24) is 4.57 Å². The van der Waals surface area contributed by atoms with Crippen molar-refractivity contribution in [1.29, 1.82) is 5.26 Å². The Hall–Kier alpha value is -2.42. The molecule has 0 unspecified atom stereocenters. The number of nitriles is 1. The van der Waals surface area contributed by atoms with Crippen LogP contribution in [0.4, 0.5) is 19.0 Å². The third-order valence-corrected chi connectivity index (χ3v) is 3.29. The smallest absolute Gasteiger partial charge is 0.384 e. The van der Waals surface area contributed by atoms with Crippen molar-refractivity contribution in [2.75, 3.05) is 5.73 Å². The summed E-state index contributed by atoms with van der Waals surface area (Å²) in [6, 6.07) is 6.83. The molecule has 0 saturated carbocycles. The normalized spacial score (nSPS) is 11.4. The first-order valence-corrected chi connectivity index (χ1v) is 5.82. The highest BCUT2D eigenvalue weighted by Gasteiger charge is 2.30. The van der Waals surface area contributed by atoms with Crippen LogP contribution in [0, 0.1) is 25.2 Å². The summed E-state index contributed by atoms with van der Waals surface area (Å²) in [7, 11) is 0. The maximum atomic E-state index is 12.7. The van der Waals surface area contributed by atoms with Crippen molar-refractivity contribution in [2.24, 2.45) is 0 Å². The fourth-order valence-corrected chi connectivity index (χ4v) is 2.13. The summed E-state index contributed by atoms with van der Waals surface area (Å²) in [5.41, 5.74) is 7.02. The van der Waals surface area contributed by atoms with E-state index in [4.69, 9.17) is 11.0 Å². The molecular weight excluding hydrogens is 267 g/mol. The first kappa shape index (κ1) is 14.0. The van der Waals surface area contributed by atoms with E-state index in [9.17, 15) is 13.2 Å². The zero-order valence-corrected chi connectivity index (χ0v) is 10.9. The molecule has 0 fully saturated rings. The number of hydrogen-bond donors (Lipinski definition) is 1. The highest BCUT2D eigenvalue weighted by atomic mass is 19.4. The molecule has 2 aromatic rings. The zero-order chi connectivity index (χ0) is 15.1. The molecular formula is C14H12F3N3. The number of nitrogen functional groups attached to an aromatic ring is 1. The molecule has 0 radical (unpaired) electrons. The molecule has 0 atom stereocenters. The van der Waals surface area contributed by atoms with E-state index in [2.05, 4.69) is 0 Å². The average Bonchev–Trinajstić information content (AvgIpc) is 2.59. The molecule has 0 amide bonds. The van der Waals surface area contributed by atoms with Gasteiger partial charge in [-0.3, -0.25) is 4.57 Å². The fourth-order valence-electron chi connectivity index (χ4n) is 2.13. The number of anilines is 1. The first-order valence-electron chi connectivity index (χ1n) is 5.82. The van der Waals surface area contributed by atoms with Gasteiger partial charge >= 0.3 is 6.18 Å². The summed E-state index contributed by atoms with van der Waals surface area (Å²) in [5.74, 6) is 0.154. The Bertz CT molecular complexity index is 706. The van der Waals surface area contributed by atoms with Gasteiger partial charge in [0.1, 0.15) is 11.9 Å². The standard InChI is InChI=1S/C14H12F3N3/c1-8-9(2)20(13(19)12(8)7-18)11-5-3-4-10(6-11)14(15,16)17/h3-6H,19H2,1-2H3. The molecule has 0 aliphatic heterocycles. The number of rotatable bonds is 1. The number of nitrogens with two attached hydrogens (primary N) is 1. The van der Waals surface area contributed by atoms with Crippen LogP contribution in [0.15, 0.2) is 24.3 Å². The Morgan fingerprint density at radius 3 is 2.40 bits per heavy atom. The van der Waals surface area contributed by atoms with Gasteiger partial charge in [0.15, 0.2) is 0 Å². The number of hydrogen-bond acceptors (Lipinski definition) is 2. The van der Waals surface area contributed by atoms with Crippen molar-refractivity contribution in [3.8, 4) is 11.8 Å². The van der Waals surface area contributed by atoms with Crippen LogP contribution in [0.1, 0.15) is 22.4 Å². The molecule has 0 bridgehead atoms. The Labute approximate surface area is 114 Å². The second kappa shape index (κ2) is 4.60. The number of benzene rings is 1. The molecule has 0 aliphatic carbocycles. The molecule has 0 saturated heterocycles. The predicted molar refractivity (Wildman–Crippen MR) is 69.4 cm³/mol. The predicted octanol–water partition coefficient (Wildman–Crippen LogP) is 3.57. The topological polar surface area (TPSA) is 54.7 Å². The fraction of sp³-hybridized carbons (Fsp3) is 0.214. The lowest BCUT2D eigenvalue weighted by atomic mass is 10.2. The SMILES string of the molecule is Cc1c(C#N)c(N)n(-c2cccc(C(F)(F)F)c2)c1C. The monoisotopic (exact) mass is 279 g/mol. The number of aromatic nitrogens is 1. The Balaban J connectivity index is 2.68. The van der Waals surface area contributed by atoms with Crippen molar-refractivity contribution in [3.05, 3.63) is 46.6 Å². The van der Waals surface area contributed by atoms with Gasteiger partial charge in [-0.1, -0.05) is 6.07 Å². The highest BCUT2D eigenvalue weighted by molar-refractivity contribution is 5.62. The highest BCUT2D eigenvalue weighted by Crippen LogP contribution is 2.33. The lowest BCUT2D eigenvalue weighted by Crippen LogP contribution is -2.08. The minimum Gasteiger partial charge on any atom is -0.384 e. The molecule has 0 aliphatic rings. The molecule has 6 heteroatoms. The van der Waals surface area contributed by atoms with Crippen LogP contribution in [0.2, 0.25) is 0 Å². The van der Waals surface area contributed by atoms with Crippen molar-refractivity contribution < 1.29 is 13.2 Å². The van der Waals surface area contributed by atoms with Crippen LogP contribution < -0.4 is 5.73 Å². The number of nitrogens with zero attached hydrogens (tertiary/aromatic N) is 2. The molecule has 1 aromatic carbocycles. The second-order valence-electron chi connectivity index (χ2n) is 4.47. The van der Waals surface area contributed by atoms with Gasteiger partial charge in [-0.2, -0.15) is 18.4 Å². The van der Waals surface area contributed by atoms with Gasteiger partial charge < -0.3 is 5.73 Å². The molecule has 2 N–H and O–H groups in total. The van der Waals surface area contributed by atoms with Gasteiger partial charge in [-0.15, -0.1) is 0 Å². The number of halogens is 3. The van der Waals surface area contributed by atoms with E-state index >= 15 is 0 Å². The largest absolute Gasteiger partial charge is 0.416 e. The van der Waals surface area contributed by atoms with Crippen LogP contribution in [0.3, 0.4) is 0 Å². The van der Waals surface area contributed by atoms with E-state index in [1.807, 2.05) is 6.07 Å². The third-order valence-electron chi connectivity index (χ3n) is 3.29. The van der Waals surface area contributed by atoms with Crippen molar-refractivity contribution in [2.45, 2.75) is 20.0 Å². The zero-order valence-electron chi connectivity index (χ0n) is 10.9. The maximum absolute atomic E-state index is 12.7. The summed E-state index contributed by atoms with van der Waals surface area (Å²) in [5, 5.41) is 9.04. The Morgan fingerprint density at radius 2 is 1.90 bits per heavy atom. The maximum Gasteiger partial charge on any atom is 0.416 e. The van der Waals surface area contributed by atoms with E-state index in [-0.39, 0.29) is 5.82 Å². The van der Waals surface area contributed by atoms with Gasteiger partial charge in [0.05, 0.1) is 11.1 Å². The summed E-state index contributed by atoms with van der Waals surface area (Å²) in [4.78, 5) is 0. The van der Waals surface area contributed by atoms with E-state index < -0.39 is 11.7 Å². The number of alkyl halides is 3. The van der Waals surface area contributed by atoms with Crippen molar-refractivity contribution in [3.63, 3.8) is 0 Å². The molecule has 104 valence electrons. The summed E-state index contributed by atoms with van der Waals surface area (Å²) in [6.45, 7) is 3.43. The molecule has 1 heterocycles. The van der Waals surface area contributed by atoms with Crippen LogP contribution in [0.25, 0.3) is 5.69 Å².